The van der Waals surface area contributed by atoms with Gasteiger partial charge in [0.25, 0.3) is 5.56 Å². The van der Waals surface area contributed by atoms with E-state index in [0.717, 1.165) is 10.1 Å². The maximum atomic E-state index is 12.9. The molecule has 0 aliphatic rings. The Kier molecular flexibility index (Phi) is 6.24. The zero-order chi connectivity index (χ0) is 21.8. The van der Waals surface area contributed by atoms with Crippen LogP contribution in [0.4, 0.5) is 0 Å². The molecule has 6 nitrogen and oxygen atoms in total. The summed E-state index contributed by atoms with van der Waals surface area (Å²) in [5.41, 5.74) is 0.523. The van der Waals surface area contributed by atoms with E-state index in [1.165, 1.54) is 6.92 Å². The van der Waals surface area contributed by atoms with Crippen LogP contribution in [0.5, 0.6) is 11.6 Å². The van der Waals surface area contributed by atoms with Crippen molar-refractivity contribution in [3.63, 3.8) is 0 Å². The minimum Gasteiger partial charge on any atom is -0.494 e. The average Bonchev–Trinajstić information content (AvgIpc) is 2.72. The van der Waals surface area contributed by atoms with Crippen molar-refractivity contribution in [1.29, 1.82) is 5.26 Å². The Balaban J connectivity index is 2.03. The van der Waals surface area contributed by atoms with Gasteiger partial charge in [0.05, 0.1) is 12.1 Å². The SMILES string of the molecule is Cc1ccccc1OCC(=O)c1c(C)c(C#N)c(=O)n(Cc2ccccc2Cl)c1O. The van der Waals surface area contributed by atoms with Crippen molar-refractivity contribution in [2.24, 2.45) is 0 Å². The molecule has 0 atom stereocenters. The van der Waals surface area contributed by atoms with Crippen LogP contribution in [0.15, 0.2) is 53.3 Å². The van der Waals surface area contributed by atoms with Crippen LogP contribution in [0.2, 0.25) is 5.02 Å². The van der Waals surface area contributed by atoms with E-state index in [0.29, 0.717) is 16.3 Å². The Morgan fingerprint density at radius 3 is 2.50 bits per heavy atom. The van der Waals surface area contributed by atoms with Gasteiger partial charge >= 0.3 is 0 Å². The molecule has 2 aromatic carbocycles. The van der Waals surface area contributed by atoms with Crippen molar-refractivity contribution in [1.82, 2.24) is 4.57 Å². The van der Waals surface area contributed by atoms with Gasteiger partial charge in [-0.05, 0) is 42.7 Å². The summed E-state index contributed by atoms with van der Waals surface area (Å²) in [6.07, 6.45) is 0. The average molecular weight is 423 g/mol. The van der Waals surface area contributed by atoms with Gasteiger partial charge in [-0.15, -0.1) is 0 Å². The number of aryl methyl sites for hydroxylation is 1. The first-order valence-corrected chi connectivity index (χ1v) is 9.54. The van der Waals surface area contributed by atoms with Crippen LogP contribution in [0, 0.1) is 25.2 Å². The maximum absolute atomic E-state index is 12.9. The van der Waals surface area contributed by atoms with Gasteiger partial charge in [-0.25, -0.2) is 0 Å². The Hall–Kier alpha value is -3.56. The number of aromatic hydroxyl groups is 1. The third kappa shape index (κ3) is 4.07. The summed E-state index contributed by atoms with van der Waals surface area (Å²) >= 11 is 6.17. The van der Waals surface area contributed by atoms with Crippen LogP contribution in [0.1, 0.15) is 32.6 Å². The first-order valence-electron chi connectivity index (χ1n) is 9.16. The summed E-state index contributed by atoms with van der Waals surface area (Å²) in [7, 11) is 0. The number of rotatable bonds is 6. The fourth-order valence-corrected chi connectivity index (χ4v) is 3.36. The van der Waals surface area contributed by atoms with Crippen molar-refractivity contribution in [2.45, 2.75) is 20.4 Å². The van der Waals surface area contributed by atoms with Gasteiger partial charge < -0.3 is 9.84 Å². The molecule has 0 radical (unpaired) electrons. The Bertz CT molecular complexity index is 1220. The molecule has 30 heavy (non-hydrogen) atoms. The highest BCUT2D eigenvalue weighted by atomic mass is 35.5. The maximum Gasteiger partial charge on any atom is 0.271 e. The number of benzene rings is 2. The zero-order valence-electron chi connectivity index (χ0n) is 16.5. The van der Waals surface area contributed by atoms with Crippen LogP contribution in [-0.4, -0.2) is 22.1 Å². The highest BCUT2D eigenvalue weighted by Gasteiger charge is 2.24. The molecule has 152 valence electrons. The van der Waals surface area contributed by atoms with Gasteiger partial charge in [0.2, 0.25) is 11.7 Å². The number of halogens is 1. The third-order valence-corrected chi connectivity index (χ3v) is 5.19. The van der Waals surface area contributed by atoms with E-state index >= 15 is 0 Å². The van der Waals surface area contributed by atoms with Crippen molar-refractivity contribution in [2.75, 3.05) is 6.61 Å². The molecule has 0 saturated heterocycles. The number of carbonyl (C=O) groups excluding carboxylic acids is 1. The van der Waals surface area contributed by atoms with Crippen LogP contribution < -0.4 is 10.3 Å². The number of pyridine rings is 1. The van der Waals surface area contributed by atoms with Gasteiger partial charge in [-0.1, -0.05) is 48.0 Å². The summed E-state index contributed by atoms with van der Waals surface area (Å²) in [5, 5.41) is 20.7. The number of nitrogens with zero attached hydrogens (tertiary/aromatic N) is 2. The number of nitriles is 1. The fraction of sp³-hybridized carbons (Fsp3) is 0.174. The third-order valence-electron chi connectivity index (χ3n) is 4.82. The first-order chi connectivity index (χ1) is 14.3. The molecule has 3 rings (SSSR count). The molecular formula is C23H19ClN2O4. The van der Waals surface area contributed by atoms with E-state index in [2.05, 4.69) is 0 Å². The lowest BCUT2D eigenvalue weighted by Crippen LogP contribution is -2.28. The van der Waals surface area contributed by atoms with E-state index in [1.807, 2.05) is 25.1 Å². The smallest absolute Gasteiger partial charge is 0.271 e. The Morgan fingerprint density at radius 2 is 1.83 bits per heavy atom. The van der Waals surface area contributed by atoms with Crippen LogP contribution >= 0.6 is 11.6 Å². The van der Waals surface area contributed by atoms with Gasteiger partial charge in [0.1, 0.15) is 17.4 Å². The molecule has 1 aromatic heterocycles. The highest BCUT2D eigenvalue weighted by Crippen LogP contribution is 2.25. The molecule has 0 bridgehead atoms. The number of ether oxygens (including phenoxy) is 1. The lowest BCUT2D eigenvalue weighted by atomic mass is 10.0. The van der Waals surface area contributed by atoms with Gasteiger partial charge in [0, 0.05) is 5.02 Å². The quantitative estimate of drug-likeness (QED) is 0.606. The molecule has 7 heteroatoms. The molecule has 0 spiro atoms. The molecule has 0 amide bonds. The van der Waals surface area contributed by atoms with Gasteiger partial charge in [-0.2, -0.15) is 5.26 Å². The Labute approximate surface area is 178 Å². The molecule has 0 unspecified atom stereocenters. The largest absolute Gasteiger partial charge is 0.494 e. The number of aromatic nitrogens is 1. The monoisotopic (exact) mass is 422 g/mol. The molecule has 0 aliphatic heterocycles. The molecular weight excluding hydrogens is 404 g/mol. The lowest BCUT2D eigenvalue weighted by molar-refractivity contribution is 0.0916. The number of carbonyl (C=O) groups is 1. The molecule has 1 N–H and O–H groups in total. The normalized spacial score (nSPS) is 10.5. The van der Waals surface area contributed by atoms with E-state index in [-0.39, 0.29) is 29.8 Å². The lowest BCUT2D eigenvalue weighted by Gasteiger charge is -2.16. The fourth-order valence-electron chi connectivity index (χ4n) is 3.16. The van der Waals surface area contributed by atoms with E-state index in [4.69, 9.17) is 16.3 Å². The number of hydrogen-bond acceptors (Lipinski definition) is 5. The van der Waals surface area contributed by atoms with Crippen LogP contribution in [-0.2, 0) is 6.54 Å². The summed E-state index contributed by atoms with van der Waals surface area (Å²) in [5.74, 6) is -0.527. The van der Waals surface area contributed by atoms with Crippen LogP contribution in [0.25, 0.3) is 0 Å². The van der Waals surface area contributed by atoms with Crippen molar-refractivity contribution in [3.8, 4) is 17.7 Å². The second-order valence-electron chi connectivity index (χ2n) is 6.77. The van der Waals surface area contributed by atoms with Crippen molar-refractivity contribution in [3.05, 3.63) is 91.7 Å². The number of hydrogen-bond donors (Lipinski definition) is 1. The Morgan fingerprint density at radius 1 is 1.17 bits per heavy atom. The minimum atomic E-state index is -0.691. The van der Waals surface area contributed by atoms with Crippen molar-refractivity contribution >= 4 is 17.4 Å². The highest BCUT2D eigenvalue weighted by molar-refractivity contribution is 6.31. The molecule has 1 heterocycles. The first kappa shape index (κ1) is 21.2. The molecule has 3 aromatic rings. The van der Waals surface area contributed by atoms with Gasteiger partial charge in [0.15, 0.2) is 6.61 Å². The second kappa shape index (κ2) is 8.85. The zero-order valence-corrected chi connectivity index (χ0v) is 17.2. The number of Topliss-reactive ketones (excluding diaryl/α,β-unsaturated/α-hetero) is 1. The predicted molar refractivity (Wildman–Crippen MR) is 113 cm³/mol. The predicted octanol–water partition coefficient (Wildman–Crippen LogP) is 4.01. The number of para-hydroxylation sites is 1. The second-order valence-corrected chi connectivity index (χ2v) is 7.18. The van der Waals surface area contributed by atoms with E-state index in [9.17, 15) is 20.0 Å². The summed E-state index contributed by atoms with van der Waals surface area (Å²) in [6, 6.07) is 15.9. The van der Waals surface area contributed by atoms with Crippen molar-refractivity contribution < 1.29 is 14.6 Å². The number of ketones is 1. The summed E-state index contributed by atoms with van der Waals surface area (Å²) in [4.78, 5) is 25.6. The summed E-state index contributed by atoms with van der Waals surface area (Å²) < 4.78 is 6.57. The molecule has 0 saturated carbocycles. The molecule has 0 fully saturated rings. The summed E-state index contributed by atoms with van der Waals surface area (Å²) in [6.45, 7) is 2.87. The van der Waals surface area contributed by atoms with E-state index < -0.39 is 17.2 Å². The topological polar surface area (TPSA) is 92.3 Å². The minimum absolute atomic E-state index is 0.0851. The van der Waals surface area contributed by atoms with E-state index in [1.54, 1.807) is 36.4 Å². The van der Waals surface area contributed by atoms with Crippen LogP contribution in [0.3, 0.4) is 0 Å². The van der Waals surface area contributed by atoms with Gasteiger partial charge in [-0.3, -0.25) is 14.2 Å². The standard InChI is InChI=1S/C23H19ClN2O4/c1-14-7-3-6-10-20(14)30-13-19(27)21-15(2)17(11-25)22(28)26(23(21)29)12-16-8-4-5-9-18(16)24/h3-10,29H,12-13H2,1-2H3. The molecule has 0 aliphatic carbocycles.